The highest BCUT2D eigenvalue weighted by atomic mass is 16.5. The van der Waals surface area contributed by atoms with Gasteiger partial charge in [0.05, 0.1) is 7.11 Å². The van der Waals surface area contributed by atoms with E-state index in [2.05, 4.69) is 11.6 Å². The van der Waals surface area contributed by atoms with E-state index in [1.807, 2.05) is 13.8 Å². The maximum atomic E-state index is 4.93. The molecule has 0 saturated carbocycles. The van der Waals surface area contributed by atoms with Crippen LogP contribution in [0.25, 0.3) is 0 Å². The van der Waals surface area contributed by atoms with Crippen LogP contribution in [0.1, 0.15) is 13.8 Å². The molecule has 0 aromatic heterocycles. The molecule has 0 amide bonds. The van der Waals surface area contributed by atoms with Crippen molar-refractivity contribution in [3.63, 3.8) is 0 Å². The van der Waals surface area contributed by atoms with Crippen molar-refractivity contribution in [3.05, 3.63) is 12.8 Å². The highest BCUT2D eigenvalue weighted by molar-refractivity contribution is 5.78. The van der Waals surface area contributed by atoms with E-state index in [-0.39, 0.29) is 0 Å². The molecule has 0 bridgehead atoms. The van der Waals surface area contributed by atoms with Gasteiger partial charge in [0.1, 0.15) is 0 Å². The molecule has 0 spiro atoms. The molecule has 0 fully saturated rings. The third-order valence-electron chi connectivity index (χ3n) is 0.922. The lowest BCUT2D eigenvalue weighted by atomic mass is 10.2. The van der Waals surface area contributed by atoms with Crippen molar-refractivity contribution in [2.75, 3.05) is 7.11 Å². The first-order chi connectivity index (χ1) is 4.22. The Morgan fingerprint density at radius 2 is 2.22 bits per heavy atom. The average Bonchev–Trinajstić information content (AvgIpc) is 1.82. The molecule has 0 aromatic carbocycles. The van der Waals surface area contributed by atoms with E-state index in [4.69, 9.17) is 4.74 Å². The highest BCUT2D eigenvalue weighted by Gasteiger charge is 2.01. The van der Waals surface area contributed by atoms with Crippen molar-refractivity contribution >= 4 is 5.90 Å². The molecular formula is C7H13NO. The molecule has 0 radical (unpaired) electrons. The quantitative estimate of drug-likeness (QED) is 0.409. The number of ether oxygens (including phenoxy) is 1. The first kappa shape index (κ1) is 8.21. The minimum absolute atomic E-state index is 0.341. The summed E-state index contributed by atoms with van der Waals surface area (Å²) in [6.07, 6.45) is 1.48. The minimum Gasteiger partial charge on any atom is -0.484 e. The largest absolute Gasteiger partial charge is 0.484 e. The van der Waals surface area contributed by atoms with Gasteiger partial charge in [0.15, 0.2) is 5.90 Å². The fourth-order valence-corrected chi connectivity index (χ4v) is 0.527. The van der Waals surface area contributed by atoms with E-state index in [1.54, 1.807) is 7.11 Å². The van der Waals surface area contributed by atoms with Crippen LogP contribution in [0.4, 0.5) is 0 Å². The molecule has 0 aliphatic carbocycles. The Morgan fingerprint density at radius 3 is 2.33 bits per heavy atom. The highest BCUT2D eigenvalue weighted by Crippen LogP contribution is 1.97. The van der Waals surface area contributed by atoms with Crippen LogP contribution in [-0.4, -0.2) is 13.0 Å². The maximum absolute atomic E-state index is 4.93. The predicted octanol–water partition coefficient (Wildman–Crippen LogP) is 1.83. The normalized spacial score (nSPS) is 11.8. The lowest BCUT2D eigenvalue weighted by Gasteiger charge is -2.05. The van der Waals surface area contributed by atoms with E-state index in [0.717, 1.165) is 5.90 Å². The SMILES string of the molecule is C=CN=C(OC)C(C)C. The van der Waals surface area contributed by atoms with Gasteiger partial charge >= 0.3 is 0 Å². The fraction of sp³-hybridized carbons (Fsp3) is 0.571. The number of rotatable bonds is 2. The summed E-state index contributed by atoms with van der Waals surface area (Å²) in [4.78, 5) is 3.90. The molecule has 0 aliphatic rings. The Morgan fingerprint density at radius 1 is 1.67 bits per heavy atom. The zero-order chi connectivity index (χ0) is 7.28. The van der Waals surface area contributed by atoms with Gasteiger partial charge in [0.2, 0.25) is 0 Å². The van der Waals surface area contributed by atoms with E-state index < -0.39 is 0 Å². The van der Waals surface area contributed by atoms with Crippen LogP contribution in [0, 0.1) is 5.92 Å². The van der Waals surface area contributed by atoms with Gasteiger partial charge in [-0.1, -0.05) is 20.4 Å². The van der Waals surface area contributed by atoms with E-state index in [9.17, 15) is 0 Å². The van der Waals surface area contributed by atoms with E-state index >= 15 is 0 Å². The minimum atomic E-state index is 0.341. The first-order valence-corrected chi connectivity index (χ1v) is 2.95. The number of nitrogens with zero attached hydrogens (tertiary/aromatic N) is 1. The molecule has 0 aromatic rings. The van der Waals surface area contributed by atoms with Crippen molar-refractivity contribution in [1.82, 2.24) is 0 Å². The monoisotopic (exact) mass is 127 g/mol. The summed E-state index contributed by atoms with van der Waals surface area (Å²) in [5.74, 6) is 1.07. The summed E-state index contributed by atoms with van der Waals surface area (Å²) in [5.41, 5.74) is 0. The summed E-state index contributed by atoms with van der Waals surface area (Å²) in [6.45, 7) is 7.50. The van der Waals surface area contributed by atoms with Crippen LogP contribution < -0.4 is 0 Å². The second-order valence-corrected chi connectivity index (χ2v) is 2.01. The van der Waals surface area contributed by atoms with Crippen LogP contribution in [0.15, 0.2) is 17.8 Å². The Labute approximate surface area is 56.2 Å². The van der Waals surface area contributed by atoms with Gasteiger partial charge in [-0.05, 0) is 0 Å². The molecule has 2 nitrogen and oxygen atoms in total. The lowest BCUT2D eigenvalue weighted by Crippen LogP contribution is -2.08. The molecule has 0 aliphatic heterocycles. The first-order valence-electron chi connectivity index (χ1n) is 2.95. The molecular weight excluding hydrogens is 114 g/mol. The summed E-state index contributed by atoms with van der Waals surface area (Å²) >= 11 is 0. The molecule has 0 unspecified atom stereocenters. The van der Waals surface area contributed by atoms with Gasteiger partial charge < -0.3 is 4.74 Å². The zero-order valence-corrected chi connectivity index (χ0v) is 6.22. The van der Waals surface area contributed by atoms with Crippen LogP contribution in [0.3, 0.4) is 0 Å². The molecule has 0 saturated heterocycles. The van der Waals surface area contributed by atoms with Crippen molar-refractivity contribution in [2.45, 2.75) is 13.8 Å². The van der Waals surface area contributed by atoms with Gasteiger partial charge in [-0.3, -0.25) is 0 Å². The second kappa shape index (κ2) is 4.13. The van der Waals surface area contributed by atoms with Crippen molar-refractivity contribution < 1.29 is 4.74 Å². The van der Waals surface area contributed by atoms with Crippen LogP contribution in [-0.2, 0) is 4.74 Å². The third-order valence-corrected chi connectivity index (χ3v) is 0.922. The summed E-state index contributed by atoms with van der Waals surface area (Å²) in [6, 6.07) is 0. The van der Waals surface area contributed by atoms with E-state index in [1.165, 1.54) is 6.20 Å². The molecule has 2 heteroatoms. The molecule has 0 rings (SSSR count). The van der Waals surface area contributed by atoms with Crippen LogP contribution in [0.2, 0.25) is 0 Å². The Balaban J connectivity index is 3.96. The van der Waals surface area contributed by atoms with Gasteiger partial charge in [0, 0.05) is 12.1 Å². The van der Waals surface area contributed by atoms with Gasteiger partial charge in [-0.25, -0.2) is 4.99 Å². The summed E-state index contributed by atoms with van der Waals surface area (Å²) in [7, 11) is 1.61. The van der Waals surface area contributed by atoms with Crippen LogP contribution >= 0.6 is 0 Å². The second-order valence-electron chi connectivity index (χ2n) is 2.01. The predicted molar refractivity (Wildman–Crippen MR) is 39.5 cm³/mol. The van der Waals surface area contributed by atoms with Crippen molar-refractivity contribution in [3.8, 4) is 0 Å². The lowest BCUT2D eigenvalue weighted by molar-refractivity contribution is 0.375. The molecule has 52 valence electrons. The summed E-state index contributed by atoms with van der Waals surface area (Å²) < 4.78 is 4.93. The molecule has 9 heavy (non-hydrogen) atoms. The Bertz CT molecular complexity index is 116. The van der Waals surface area contributed by atoms with Crippen molar-refractivity contribution in [2.24, 2.45) is 10.9 Å². The van der Waals surface area contributed by atoms with Gasteiger partial charge in [-0.15, -0.1) is 0 Å². The number of methoxy groups -OCH3 is 1. The fourth-order valence-electron chi connectivity index (χ4n) is 0.527. The van der Waals surface area contributed by atoms with Crippen LogP contribution in [0.5, 0.6) is 0 Å². The van der Waals surface area contributed by atoms with Crippen molar-refractivity contribution in [1.29, 1.82) is 0 Å². The van der Waals surface area contributed by atoms with Gasteiger partial charge in [0.25, 0.3) is 0 Å². The molecule has 0 N–H and O–H groups in total. The van der Waals surface area contributed by atoms with Gasteiger partial charge in [-0.2, -0.15) is 0 Å². The Kier molecular flexibility index (Phi) is 3.76. The Hall–Kier alpha value is -0.790. The smallest absolute Gasteiger partial charge is 0.190 e. The van der Waals surface area contributed by atoms with E-state index in [0.29, 0.717) is 5.92 Å². The number of hydrogen-bond donors (Lipinski definition) is 0. The third kappa shape index (κ3) is 2.90. The molecule has 0 heterocycles. The topological polar surface area (TPSA) is 21.6 Å². The standard InChI is InChI=1S/C7H13NO/c1-5-8-7(9-4)6(2)3/h5-6H,1H2,2-4H3. The average molecular weight is 127 g/mol. The number of aliphatic imine (C=N–C) groups is 1. The number of hydrogen-bond acceptors (Lipinski definition) is 2. The maximum Gasteiger partial charge on any atom is 0.190 e. The summed E-state index contributed by atoms with van der Waals surface area (Å²) in [5, 5.41) is 0. The molecule has 0 atom stereocenters. The zero-order valence-electron chi connectivity index (χ0n) is 6.22.